The molecule has 0 fully saturated rings. The molecule has 0 saturated carbocycles. The van der Waals surface area contributed by atoms with Gasteiger partial charge in [-0.25, -0.2) is 14.8 Å². The van der Waals surface area contributed by atoms with E-state index in [2.05, 4.69) is 9.97 Å². The first kappa shape index (κ1) is 23.9. The molecule has 35 heavy (non-hydrogen) atoms. The summed E-state index contributed by atoms with van der Waals surface area (Å²) in [6.45, 7) is 6.40. The lowest BCUT2D eigenvalue weighted by Gasteiger charge is -2.29. The van der Waals surface area contributed by atoms with Gasteiger partial charge in [-0.15, -0.1) is 0 Å². The monoisotopic (exact) mass is 472 g/mol. The summed E-state index contributed by atoms with van der Waals surface area (Å²) in [4.78, 5) is 35.1. The average molecular weight is 473 g/mol. The Morgan fingerprint density at radius 2 is 1.69 bits per heavy atom. The van der Waals surface area contributed by atoms with Gasteiger partial charge in [-0.2, -0.15) is 0 Å². The van der Waals surface area contributed by atoms with E-state index in [1.165, 1.54) is 6.20 Å². The van der Waals surface area contributed by atoms with E-state index >= 15 is 0 Å². The summed E-state index contributed by atoms with van der Waals surface area (Å²) >= 11 is 0. The van der Waals surface area contributed by atoms with E-state index in [1.807, 2.05) is 81.4 Å². The second-order valence-electron chi connectivity index (χ2n) is 9.17. The number of para-hydroxylation sites is 1. The number of benzene rings is 2. The molecule has 3 aromatic rings. The second kappa shape index (κ2) is 9.97. The number of hydrogen-bond acceptors (Lipinski definition) is 6. The van der Waals surface area contributed by atoms with Crippen LogP contribution in [0.25, 0.3) is 16.8 Å². The lowest BCUT2D eigenvalue weighted by molar-refractivity contribution is 0.0270. The Labute approximate surface area is 204 Å². The van der Waals surface area contributed by atoms with E-state index in [-0.39, 0.29) is 11.7 Å². The van der Waals surface area contributed by atoms with Crippen molar-refractivity contribution >= 4 is 17.6 Å². The molecule has 0 spiro atoms. The maximum Gasteiger partial charge on any atom is 0.410 e. The number of carbonyl (C=O) groups is 2. The van der Waals surface area contributed by atoms with Crippen molar-refractivity contribution in [1.82, 2.24) is 14.9 Å². The SMILES string of the molecule is CC(C)(C)OC(=O)N1CC=C(c2ncc(C(N)=O)c(-c3ccc(Oc4ccccc4)cc3)n2)CC1. The summed E-state index contributed by atoms with van der Waals surface area (Å²) < 4.78 is 11.3. The quantitative estimate of drug-likeness (QED) is 0.556. The third-order valence-corrected chi connectivity index (χ3v) is 5.31. The van der Waals surface area contributed by atoms with Gasteiger partial charge < -0.3 is 20.1 Å². The molecule has 180 valence electrons. The summed E-state index contributed by atoms with van der Waals surface area (Å²) in [5.74, 6) is 1.28. The Bertz CT molecular complexity index is 1250. The number of nitrogens with zero attached hydrogens (tertiary/aromatic N) is 3. The van der Waals surface area contributed by atoms with Gasteiger partial charge >= 0.3 is 6.09 Å². The molecule has 2 N–H and O–H groups in total. The van der Waals surface area contributed by atoms with Crippen LogP contribution in [0.2, 0.25) is 0 Å². The molecule has 8 nitrogen and oxygen atoms in total. The van der Waals surface area contributed by atoms with Crippen molar-refractivity contribution in [1.29, 1.82) is 0 Å². The standard InChI is InChI=1S/C27H28N4O4/c1-27(2,3)35-26(33)31-15-13-19(14-16-31)25-29-17-22(24(28)32)23(30-25)18-9-11-21(12-10-18)34-20-7-5-4-6-8-20/h4-13,17H,14-16H2,1-3H3,(H2,28,32). The third kappa shape index (κ3) is 6.03. The average Bonchev–Trinajstić information content (AvgIpc) is 2.84. The van der Waals surface area contributed by atoms with Gasteiger partial charge in [-0.05, 0) is 69.2 Å². The van der Waals surface area contributed by atoms with E-state index in [9.17, 15) is 9.59 Å². The first-order valence-corrected chi connectivity index (χ1v) is 11.4. The third-order valence-electron chi connectivity index (χ3n) is 5.31. The maximum atomic E-state index is 12.3. The van der Waals surface area contributed by atoms with E-state index in [0.717, 1.165) is 16.9 Å². The normalized spacial score (nSPS) is 13.7. The molecule has 0 unspecified atom stereocenters. The molecule has 0 atom stereocenters. The highest BCUT2D eigenvalue weighted by molar-refractivity contribution is 5.98. The van der Waals surface area contributed by atoms with Crippen LogP contribution in [-0.4, -0.2) is 45.6 Å². The van der Waals surface area contributed by atoms with Gasteiger partial charge in [0.25, 0.3) is 5.91 Å². The van der Waals surface area contributed by atoms with Crippen LogP contribution in [-0.2, 0) is 4.74 Å². The Kier molecular flexibility index (Phi) is 6.82. The molecule has 0 saturated heterocycles. The number of rotatable bonds is 5. The number of primary amides is 1. The molecule has 1 aliphatic rings. The molecule has 2 heterocycles. The van der Waals surface area contributed by atoms with Gasteiger partial charge in [-0.1, -0.05) is 24.3 Å². The zero-order valence-electron chi connectivity index (χ0n) is 20.0. The summed E-state index contributed by atoms with van der Waals surface area (Å²) in [5.41, 5.74) is 7.34. The molecule has 0 bridgehead atoms. The summed E-state index contributed by atoms with van der Waals surface area (Å²) in [6, 6.07) is 16.8. The van der Waals surface area contributed by atoms with Crippen LogP contribution >= 0.6 is 0 Å². The molecule has 1 aliphatic heterocycles. The van der Waals surface area contributed by atoms with Crippen LogP contribution in [0.1, 0.15) is 43.4 Å². The molecule has 8 heteroatoms. The highest BCUT2D eigenvalue weighted by Crippen LogP contribution is 2.29. The zero-order valence-corrected chi connectivity index (χ0v) is 20.0. The van der Waals surface area contributed by atoms with Crippen molar-refractivity contribution in [3.8, 4) is 22.8 Å². The predicted molar refractivity (Wildman–Crippen MR) is 133 cm³/mol. The largest absolute Gasteiger partial charge is 0.457 e. The summed E-state index contributed by atoms with van der Waals surface area (Å²) in [6.07, 6.45) is 3.58. The van der Waals surface area contributed by atoms with Crippen molar-refractivity contribution in [2.75, 3.05) is 13.1 Å². The first-order valence-electron chi connectivity index (χ1n) is 11.4. The smallest absolute Gasteiger partial charge is 0.410 e. The highest BCUT2D eigenvalue weighted by Gasteiger charge is 2.25. The fourth-order valence-electron chi connectivity index (χ4n) is 3.61. The van der Waals surface area contributed by atoms with Gasteiger partial charge in [0.1, 0.15) is 17.1 Å². The van der Waals surface area contributed by atoms with E-state index < -0.39 is 11.5 Å². The van der Waals surface area contributed by atoms with Crippen molar-refractivity contribution in [2.24, 2.45) is 5.73 Å². The summed E-state index contributed by atoms with van der Waals surface area (Å²) in [7, 11) is 0. The van der Waals surface area contributed by atoms with Crippen LogP contribution in [0.15, 0.2) is 66.9 Å². The molecule has 1 aromatic heterocycles. The highest BCUT2D eigenvalue weighted by atomic mass is 16.6. The molecule has 0 radical (unpaired) electrons. The molecule has 4 rings (SSSR count). The number of aromatic nitrogens is 2. The Morgan fingerprint density at radius 1 is 1.00 bits per heavy atom. The zero-order chi connectivity index (χ0) is 25.0. The van der Waals surface area contributed by atoms with Crippen LogP contribution in [0, 0.1) is 0 Å². The minimum Gasteiger partial charge on any atom is -0.457 e. The summed E-state index contributed by atoms with van der Waals surface area (Å²) in [5, 5.41) is 0. The van der Waals surface area contributed by atoms with Crippen molar-refractivity contribution in [3.05, 3.63) is 78.3 Å². The van der Waals surface area contributed by atoms with Gasteiger partial charge in [0.2, 0.25) is 0 Å². The predicted octanol–water partition coefficient (Wildman–Crippen LogP) is 5.06. The van der Waals surface area contributed by atoms with Crippen molar-refractivity contribution in [3.63, 3.8) is 0 Å². The van der Waals surface area contributed by atoms with Gasteiger partial charge in [-0.3, -0.25) is 4.79 Å². The van der Waals surface area contributed by atoms with Crippen LogP contribution in [0.4, 0.5) is 4.79 Å². The fourth-order valence-corrected chi connectivity index (χ4v) is 3.61. The van der Waals surface area contributed by atoms with Gasteiger partial charge in [0.15, 0.2) is 5.82 Å². The number of carbonyl (C=O) groups excluding carboxylic acids is 2. The van der Waals surface area contributed by atoms with E-state index in [0.29, 0.717) is 36.8 Å². The Morgan fingerprint density at radius 3 is 2.29 bits per heavy atom. The Hall–Kier alpha value is -4.20. The molecule has 2 aromatic carbocycles. The van der Waals surface area contributed by atoms with E-state index in [4.69, 9.17) is 15.2 Å². The van der Waals surface area contributed by atoms with Crippen molar-refractivity contribution in [2.45, 2.75) is 32.8 Å². The molecular weight excluding hydrogens is 444 g/mol. The molecule has 2 amide bonds. The fraction of sp³-hybridized carbons (Fsp3) is 0.259. The number of nitrogens with two attached hydrogens (primary N) is 1. The van der Waals surface area contributed by atoms with E-state index in [1.54, 1.807) is 4.90 Å². The van der Waals surface area contributed by atoms with Crippen molar-refractivity contribution < 1.29 is 19.1 Å². The molecular formula is C27H28N4O4. The van der Waals surface area contributed by atoms with Crippen LogP contribution in [0.5, 0.6) is 11.5 Å². The van der Waals surface area contributed by atoms with Crippen LogP contribution in [0.3, 0.4) is 0 Å². The topological polar surface area (TPSA) is 108 Å². The van der Waals surface area contributed by atoms with Gasteiger partial charge in [0, 0.05) is 24.8 Å². The Balaban J connectivity index is 1.56. The number of hydrogen-bond donors (Lipinski definition) is 1. The lowest BCUT2D eigenvalue weighted by atomic mass is 10.0. The minimum absolute atomic E-state index is 0.234. The van der Waals surface area contributed by atoms with Gasteiger partial charge in [0.05, 0.1) is 11.3 Å². The van der Waals surface area contributed by atoms with Crippen LogP contribution < -0.4 is 10.5 Å². The number of amides is 2. The first-order chi connectivity index (χ1) is 16.7. The lowest BCUT2D eigenvalue weighted by Crippen LogP contribution is -2.39. The maximum absolute atomic E-state index is 12.3. The minimum atomic E-state index is -0.607. The molecule has 0 aliphatic carbocycles. The number of ether oxygens (including phenoxy) is 2. The second-order valence-corrected chi connectivity index (χ2v) is 9.17.